The molecule has 90 valence electrons. The van der Waals surface area contributed by atoms with Gasteiger partial charge in [-0.15, -0.1) is 0 Å². The molecule has 0 aliphatic carbocycles. The van der Waals surface area contributed by atoms with Crippen molar-refractivity contribution >= 4 is 29.0 Å². The molecule has 0 unspecified atom stereocenters. The smallest absolute Gasteiger partial charge is 0.148 e. The molecule has 2 rings (SSSR count). The van der Waals surface area contributed by atoms with Gasteiger partial charge in [-0.25, -0.2) is 4.68 Å². The van der Waals surface area contributed by atoms with Crippen LogP contribution in [0, 0.1) is 0 Å². The summed E-state index contributed by atoms with van der Waals surface area (Å²) in [6, 6.07) is 7.24. The summed E-state index contributed by atoms with van der Waals surface area (Å²) in [5.74, 6) is 0.779. The van der Waals surface area contributed by atoms with Crippen LogP contribution in [0.3, 0.4) is 0 Å². The predicted octanol–water partition coefficient (Wildman–Crippen LogP) is 2.55. The van der Waals surface area contributed by atoms with Crippen LogP contribution in [0.25, 0.3) is 5.69 Å². The van der Waals surface area contributed by atoms with Gasteiger partial charge < -0.3 is 11.1 Å². The number of benzene rings is 1. The van der Waals surface area contributed by atoms with Gasteiger partial charge in [-0.05, 0) is 18.2 Å². The number of hydrogen-bond acceptors (Lipinski definition) is 3. The molecule has 1 aromatic heterocycles. The molecule has 0 radical (unpaired) electrons. The largest absolute Gasteiger partial charge is 0.367 e. The van der Waals surface area contributed by atoms with Crippen molar-refractivity contribution < 1.29 is 0 Å². The normalized spacial score (nSPS) is 10.5. The Morgan fingerprint density at radius 1 is 1.24 bits per heavy atom. The maximum atomic E-state index is 5.95. The quantitative estimate of drug-likeness (QED) is 0.898. The van der Waals surface area contributed by atoms with Crippen LogP contribution in [-0.4, -0.2) is 22.9 Å². The molecule has 0 bridgehead atoms. The van der Waals surface area contributed by atoms with E-state index in [1.54, 1.807) is 16.8 Å². The first kappa shape index (κ1) is 12.2. The van der Waals surface area contributed by atoms with Gasteiger partial charge in [0.25, 0.3) is 0 Å². The molecule has 0 saturated heterocycles. The molecule has 6 heteroatoms. The highest BCUT2D eigenvalue weighted by atomic mass is 35.5. The summed E-state index contributed by atoms with van der Waals surface area (Å²) >= 11 is 11.8. The Morgan fingerprint density at radius 2 is 2.06 bits per heavy atom. The van der Waals surface area contributed by atoms with Crippen LogP contribution in [0.2, 0.25) is 10.0 Å². The number of hydrogen-bond donors (Lipinski definition) is 2. The Labute approximate surface area is 109 Å². The van der Waals surface area contributed by atoms with Crippen LogP contribution in [0.5, 0.6) is 0 Å². The third kappa shape index (κ3) is 2.91. The van der Waals surface area contributed by atoms with Gasteiger partial charge in [-0.2, -0.15) is 5.10 Å². The molecule has 1 aromatic carbocycles. The number of halogens is 2. The Kier molecular flexibility index (Phi) is 3.89. The van der Waals surface area contributed by atoms with Gasteiger partial charge in [0.05, 0.1) is 15.7 Å². The first-order chi connectivity index (χ1) is 8.20. The monoisotopic (exact) mass is 270 g/mol. The summed E-state index contributed by atoms with van der Waals surface area (Å²) < 4.78 is 1.72. The number of rotatable bonds is 4. The number of anilines is 1. The van der Waals surface area contributed by atoms with Crippen molar-refractivity contribution in [1.82, 2.24) is 9.78 Å². The third-order valence-electron chi connectivity index (χ3n) is 2.21. The van der Waals surface area contributed by atoms with Crippen LogP contribution < -0.4 is 11.1 Å². The number of nitrogens with zero attached hydrogens (tertiary/aromatic N) is 2. The fourth-order valence-electron chi connectivity index (χ4n) is 1.39. The Hall–Kier alpha value is -1.23. The van der Waals surface area contributed by atoms with E-state index in [0.717, 1.165) is 11.5 Å². The molecule has 0 amide bonds. The van der Waals surface area contributed by atoms with Crippen LogP contribution in [0.15, 0.2) is 30.5 Å². The van der Waals surface area contributed by atoms with Gasteiger partial charge in [-0.3, -0.25) is 0 Å². The van der Waals surface area contributed by atoms with Gasteiger partial charge in [0.15, 0.2) is 0 Å². The summed E-state index contributed by atoms with van der Waals surface area (Å²) in [6.45, 7) is 1.26. The lowest BCUT2D eigenvalue weighted by Crippen LogP contribution is -2.13. The lowest BCUT2D eigenvalue weighted by Gasteiger charge is -2.03. The summed E-state index contributed by atoms with van der Waals surface area (Å²) in [7, 11) is 0. The Balaban J connectivity index is 2.21. The fraction of sp³-hybridized carbons (Fsp3) is 0.182. The molecular weight excluding hydrogens is 259 g/mol. The van der Waals surface area contributed by atoms with Crippen molar-refractivity contribution in [1.29, 1.82) is 0 Å². The van der Waals surface area contributed by atoms with E-state index in [2.05, 4.69) is 10.4 Å². The minimum absolute atomic E-state index is 0.510. The molecule has 4 nitrogen and oxygen atoms in total. The van der Waals surface area contributed by atoms with Crippen molar-refractivity contribution in [3.05, 3.63) is 40.5 Å². The average molecular weight is 271 g/mol. The zero-order valence-corrected chi connectivity index (χ0v) is 10.5. The van der Waals surface area contributed by atoms with Crippen LogP contribution >= 0.6 is 23.2 Å². The molecule has 17 heavy (non-hydrogen) atoms. The van der Waals surface area contributed by atoms with E-state index in [1.165, 1.54) is 0 Å². The van der Waals surface area contributed by atoms with Crippen LogP contribution in [-0.2, 0) is 0 Å². The second kappa shape index (κ2) is 5.40. The summed E-state index contributed by atoms with van der Waals surface area (Å²) in [6.07, 6.45) is 1.85. The van der Waals surface area contributed by atoms with Gasteiger partial charge in [0, 0.05) is 25.4 Å². The second-order valence-electron chi connectivity index (χ2n) is 3.46. The van der Waals surface area contributed by atoms with Crippen molar-refractivity contribution in [3.63, 3.8) is 0 Å². The van der Waals surface area contributed by atoms with Crippen LogP contribution in [0.4, 0.5) is 5.82 Å². The SMILES string of the molecule is NCCNc1ccn(-c2ccc(Cl)c(Cl)c2)n1. The maximum Gasteiger partial charge on any atom is 0.148 e. The van der Waals surface area contributed by atoms with E-state index >= 15 is 0 Å². The number of nitrogens with one attached hydrogen (secondary N) is 1. The lowest BCUT2D eigenvalue weighted by molar-refractivity contribution is 0.875. The van der Waals surface area contributed by atoms with E-state index < -0.39 is 0 Å². The Bertz CT molecular complexity index is 510. The first-order valence-corrected chi connectivity index (χ1v) is 5.91. The van der Waals surface area contributed by atoms with Crippen molar-refractivity contribution in [2.45, 2.75) is 0 Å². The van der Waals surface area contributed by atoms with Gasteiger partial charge in [0.2, 0.25) is 0 Å². The van der Waals surface area contributed by atoms with Crippen molar-refractivity contribution in [2.24, 2.45) is 5.73 Å². The molecule has 0 spiro atoms. The highest BCUT2D eigenvalue weighted by Gasteiger charge is 2.03. The molecule has 1 heterocycles. The standard InChI is InChI=1S/C11H12Cl2N4/c12-9-2-1-8(7-10(9)13)17-6-3-11(16-17)15-5-4-14/h1-3,6-7H,4-5,14H2,(H,15,16). The predicted molar refractivity (Wildman–Crippen MR) is 71.1 cm³/mol. The van der Waals surface area contributed by atoms with E-state index in [-0.39, 0.29) is 0 Å². The molecule has 0 aliphatic rings. The zero-order chi connectivity index (χ0) is 12.3. The molecular formula is C11H12Cl2N4. The van der Waals surface area contributed by atoms with Crippen molar-refractivity contribution in [3.8, 4) is 5.69 Å². The molecule has 0 atom stereocenters. The molecule has 0 saturated carbocycles. The van der Waals surface area contributed by atoms with E-state index in [1.807, 2.05) is 18.3 Å². The molecule has 0 aliphatic heterocycles. The summed E-state index contributed by atoms with van der Waals surface area (Å²) in [4.78, 5) is 0. The van der Waals surface area contributed by atoms with Crippen molar-refractivity contribution in [2.75, 3.05) is 18.4 Å². The zero-order valence-electron chi connectivity index (χ0n) is 9.03. The first-order valence-electron chi connectivity index (χ1n) is 5.16. The number of aromatic nitrogens is 2. The molecule has 0 fully saturated rings. The summed E-state index contributed by atoms with van der Waals surface area (Å²) in [5.41, 5.74) is 6.26. The van der Waals surface area contributed by atoms with E-state index in [4.69, 9.17) is 28.9 Å². The van der Waals surface area contributed by atoms with E-state index in [0.29, 0.717) is 23.1 Å². The van der Waals surface area contributed by atoms with Gasteiger partial charge in [-0.1, -0.05) is 23.2 Å². The summed E-state index contributed by atoms with van der Waals surface area (Å²) in [5, 5.41) is 8.47. The molecule has 2 aromatic rings. The van der Waals surface area contributed by atoms with Crippen LogP contribution in [0.1, 0.15) is 0 Å². The third-order valence-corrected chi connectivity index (χ3v) is 2.95. The highest BCUT2D eigenvalue weighted by molar-refractivity contribution is 6.42. The Morgan fingerprint density at radius 3 is 2.76 bits per heavy atom. The second-order valence-corrected chi connectivity index (χ2v) is 4.27. The fourth-order valence-corrected chi connectivity index (χ4v) is 1.68. The minimum Gasteiger partial charge on any atom is -0.367 e. The lowest BCUT2D eigenvalue weighted by atomic mass is 10.3. The van der Waals surface area contributed by atoms with Gasteiger partial charge >= 0.3 is 0 Å². The minimum atomic E-state index is 0.510. The molecule has 3 N–H and O–H groups in total. The average Bonchev–Trinajstić information content (AvgIpc) is 2.79. The number of nitrogens with two attached hydrogens (primary N) is 1. The van der Waals surface area contributed by atoms with Gasteiger partial charge in [0.1, 0.15) is 5.82 Å². The highest BCUT2D eigenvalue weighted by Crippen LogP contribution is 2.24. The van der Waals surface area contributed by atoms with E-state index in [9.17, 15) is 0 Å². The maximum absolute atomic E-state index is 5.95. The topological polar surface area (TPSA) is 55.9 Å².